The number of benzene rings is 1. The molecule has 1 saturated carbocycles. The highest BCUT2D eigenvalue weighted by atomic mass is 19.1. The van der Waals surface area contributed by atoms with Crippen molar-refractivity contribution in [1.82, 2.24) is 9.80 Å². The fourth-order valence-electron chi connectivity index (χ4n) is 5.60. The number of rotatable bonds is 5. The molecular weight excluding hydrogens is 343 g/mol. The number of fused-ring (bicyclic) bond motifs is 1. The van der Waals surface area contributed by atoms with E-state index >= 15 is 0 Å². The molecule has 1 aromatic rings. The minimum atomic E-state index is -0.229. The van der Waals surface area contributed by atoms with Crippen molar-refractivity contribution in [3.05, 3.63) is 35.6 Å². The van der Waals surface area contributed by atoms with Gasteiger partial charge in [0.15, 0.2) is 0 Å². The average Bonchev–Trinajstić information content (AvgIpc) is 3.20. The summed E-state index contributed by atoms with van der Waals surface area (Å²) in [5.41, 5.74) is 0.923. The molecule has 0 N–H and O–H groups in total. The second-order valence-corrected chi connectivity index (χ2v) is 8.63. The molecule has 0 aromatic heterocycles. The first kappa shape index (κ1) is 18.9. The highest BCUT2D eigenvalue weighted by molar-refractivity contribution is 5.78. The van der Waals surface area contributed by atoms with Gasteiger partial charge in [-0.05, 0) is 42.4 Å². The van der Waals surface area contributed by atoms with Crippen LogP contribution in [-0.4, -0.2) is 55.6 Å². The van der Waals surface area contributed by atoms with Gasteiger partial charge in [-0.3, -0.25) is 4.79 Å². The minimum absolute atomic E-state index is 0.0139. The number of likely N-dealkylation sites (tertiary alicyclic amines) is 2. The molecule has 4 nitrogen and oxygen atoms in total. The summed E-state index contributed by atoms with van der Waals surface area (Å²) in [5, 5.41) is 0. The first-order valence-corrected chi connectivity index (χ1v) is 10.4. The number of methoxy groups -OCH3 is 1. The summed E-state index contributed by atoms with van der Waals surface area (Å²) in [6.45, 7) is 4.12. The summed E-state index contributed by atoms with van der Waals surface area (Å²) in [4.78, 5) is 17.2. The van der Waals surface area contributed by atoms with Crippen LogP contribution >= 0.6 is 0 Å². The van der Waals surface area contributed by atoms with Crippen LogP contribution in [0.2, 0.25) is 0 Å². The van der Waals surface area contributed by atoms with Gasteiger partial charge in [-0.15, -0.1) is 0 Å². The Hall–Kier alpha value is -1.46. The zero-order valence-electron chi connectivity index (χ0n) is 16.3. The lowest BCUT2D eigenvalue weighted by Gasteiger charge is -2.31. The van der Waals surface area contributed by atoms with Crippen molar-refractivity contribution in [2.24, 2.45) is 17.8 Å². The number of carbonyl (C=O) groups is 1. The van der Waals surface area contributed by atoms with Gasteiger partial charge >= 0.3 is 0 Å². The van der Waals surface area contributed by atoms with Crippen molar-refractivity contribution >= 4 is 5.91 Å². The van der Waals surface area contributed by atoms with E-state index in [1.54, 1.807) is 19.2 Å². The maximum Gasteiger partial charge on any atom is 0.249 e. The van der Waals surface area contributed by atoms with Gasteiger partial charge in [-0.25, -0.2) is 4.39 Å². The Balaban J connectivity index is 1.50. The lowest BCUT2D eigenvalue weighted by atomic mass is 9.88. The quantitative estimate of drug-likeness (QED) is 0.791. The number of hydrogen-bond acceptors (Lipinski definition) is 3. The van der Waals surface area contributed by atoms with E-state index in [0.29, 0.717) is 11.8 Å². The third-order valence-corrected chi connectivity index (χ3v) is 6.76. The summed E-state index contributed by atoms with van der Waals surface area (Å²) >= 11 is 0. The Morgan fingerprint density at radius 3 is 2.74 bits per heavy atom. The van der Waals surface area contributed by atoms with Crippen LogP contribution in [-0.2, 0) is 9.53 Å². The zero-order chi connectivity index (χ0) is 18.8. The van der Waals surface area contributed by atoms with Crippen molar-refractivity contribution in [2.45, 2.75) is 38.1 Å². The summed E-state index contributed by atoms with van der Waals surface area (Å²) in [5.74, 6) is 1.47. The van der Waals surface area contributed by atoms with E-state index < -0.39 is 0 Å². The highest BCUT2D eigenvalue weighted by Gasteiger charge is 2.49. The largest absolute Gasteiger partial charge is 0.375 e. The molecule has 1 aromatic carbocycles. The van der Waals surface area contributed by atoms with Crippen LogP contribution in [0.15, 0.2) is 24.3 Å². The molecule has 5 heteroatoms. The van der Waals surface area contributed by atoms with Gasteiger partial charge in [-0.2, -0.15) is 0 Å². The van der Waals surface area contributed by atoms with Crippen molar-refractivity contribution in [1.29, 1.82) is 0 Å². The van der Waals surface area contributed by atoms with E-state index in [1.807, 2.05) is 11.0 Å². The molecule has 1 amide bonds. The highest BCUT2D eigenvalue weighted by Crippen LogP contribution is 2.45. The number of nitrogens with zero attached hydrogens (tertiary/aromatic N) is 2. The molecule has 2 saturated heterocycles. The summed E-state index contributed by atoms with van der Waals surface area (Å²) in [6.07, 6.45) is 6.85. The summed E-state index contributed by atoms with van der Waals surface area (Å²) in [6, 6.07) is 6.76. The van der Waals surface area contributed by atoms with E-state index in [2.05, 4.69) is 4.90 Å². The Labute approximate surface area is 161 Å². The number of hydrogen-bond donors (Lipinski definition) is 0. The molecule has 3 atom stereocenters. The zero-order valence-corrected chi connectivity index (χ0v) is 16.3. The molecule has 3 aliphatic rings. The van der Waals surface area contributed by atoms with E-state index in [1.165, 1.54) is 44.7 Å². The van der Waals surface area contributed by atoms with Crippen LogP contribution in [0, 0.1) is 23.6 Å². The molecule has 0 unspecified atom stereocenters. The summed E-state index contributed by atoms with van der Waals surface area (Å²) < 4.78 is 19.0. The molecule has 2 heterocycles. The Morgan fingerprint density at radius 2 is 2.00 bits per heavy atom. The van der Waals surface area contributed by atoms with Crippen LogP contribution in [0.25, 0.3) is 0 Å². The minimum Gasteiger partial charge on any atom is -0.375 e. The monoisotopic (exact) mass is 374 g/mol. The topological polar surface area (TPSA) is 32.8 Å². The first-order chi connectivity index (χ1) is 13.2. The fourth-order valence-corrected chi connectivity index (χ4v) is 5.60. The molecule has 4 rings (SSSR count). The van der Waals surface area contributed by atoms with Crippen molar-refractivity contribution in [3.8, 4) is 0 Å². The van der Waals surface area contributed by atoms with Crippen LogP contribution in [0.1, 0.15) is 43.7 Å². The third kappa shape index (κ3) is 4.04. The van der Waals surface area contributed by atoms with E-state index in [-0.39, 0.29) is 24.4 Å². The van der Waals surface area contributed by atoms with Gasteiger partial charge in [-0.1, -0.05) is 31.4 Å². The SMILES string of the molecule is COCC(=O)N1C[C@H]2CN(CC3CCCCC3)C[C@H]2[C@@H]1c1cccc(F)c1. The van der Waals surface area contributed by atoms with Crippen LogP contribution in [0.3, 0.4) is 0 Å². The van der Waals surface area contributed by atoms with Crippen LogP contribution in [0.4, 0.5) is 4.39 Å². The molecule has 3 fully saturated rings. The maximum atomic E-state index is 13.9. The molecule has 0 spiro atoms. The van der Waals surface area contributed by atoms with Gasteiger partial charge in [0, 0.05) is 39.2 Å². The second-order valence-electron chi connectivity index (χ2n) is 8.63. The van der Waals surface area contributed by atoms with E-state index in [9.17, 15) is 9.18 Å². The number of carbonyl (C=O) groups excluding carboxylic acids is 1. The molecule has 27 heavy (non-hydrogen) atoms. The Kier molecular flexibility index (Phi) is 5.79. The molecular formula is C22H31FN2O2. The lowest BCUT2D eigenvalue weighted by Crippen LogP contribution is -2.38. The standard InChI is InChI=1S/C22H31FN2O2/c1-27-15-21(26)25-13-18-12-24(11-16-6-3-2-4-7-16)14-20(18)22(25)17-8-5-9-19(23)10-17/h5,8-10,16,18,20,22H,2-4,6-7,11-15H2,1H3/t18-,20-,22+/m1/s1. The first-order valence-electron chi connectivity index (χ1n) is 10.4. The fraction of sp³-hybridized carbons (Fsp3) is 0.682. The number of ether oxygens (including phenoxy) is 1. The van der Waals surface area contributed by atoms with Gasteiger partial charge in [0.1, 0.15) is 12.4 Å². The third-order valence-electron chi connectivity index (χ3n) is 6.76. The number of amides is 1. The summed E-state index contributed by atoms with van der Waals surface area (Å²) in [7, 11) is 1.55. The number of halogens is 1. The molecule has 0 radical (unpaired) electrons. The predicted molar refractivity (Wildman–Crippen MR) is 103 cm³/mol. The van der Waals surface area contributed by atoms with Crippen molar-refractivity contribution in [2.75, 3.05) is 39.9 Å². The van der Waals surface area contributed by atoms with Gasteiger partial charge in [0.25, 0.3) is 0 Å². The van der Waals surface area contributed by atoms with E-state index in [4.69, 9.17) is 4.74 Å². The maximum absolute atomic E-state index is 13.9. The molecule has 1 aliphatic carbocycles. The Bertz CT molecular complexity index is 661. The smallest absolute Gasteiger partial charge is 0.249 e. The van der Waals surface area contributed by atoms with E-state index in [0.717, 1.165) is 31.1 Å². The van der Waals surface area contributed by atoms with Crippen LogP contribution in [0.5, 0.6) is 0 Å². The Morgan fingerprint density at radius 1 is 1.19 bits per heavy atom. The molecule has 0 bridgehead atoms. The predicted octanol–water partition coefficient (Wildman–Crippen LogP) is 3.48. The molecule has 2 aliphatic heterocycles. The van der Waals surface area contributed by atoms with Crippen LogP contribution < -0.4 is 0 Å². The molecule has 148 valence electrons. The normalized spacial score (nSPS) is 29.3. The van der Waals surface area contributed by atoms with Gasteiger partial charge < -0.3 is 14.5 Å². The second kappa shape index (κ2) is 8.27. The van der Waals surface area contributed by atoms with Gasteiger partial charge in [0.2, 0.25) is 5.91 Å². The van der Waals surface area contributed by atoms with Crippen molar-refractivity contribution in [3.63, 3.8) is 0 Å². The lowest BCUT2D eigenvalue weighted by molar-refractivity contribution is -0.136. The van der Waals surface area contributed by atoms with Gasteiger partial charge in [0.05, 0.1) is 6.04 Å². The van der Waals surface area contributed by atoms with Crippen molar-refractivity contribution < 1.29 is 13.9 Å². The average molecular weight is 374 g/mol.